The van der Waals surface area contributed by atoms with E-state index in [2.05, 4.69) is 15.5 Å². The molecule has 1 aliphatic rings. The number of aryl methyl sites for hydroxylation is 1. The van der Waals surface area contributed by atoms with Gasteiger partial charge in [-0.25, -0.2) is 0 Å². The minimum absolute atomic E-state index is 0.00155. The van der Waals surface area contributed by atoms with Crippen molar-refractivity contribution in [1.82, 2.24) is 20.4 Å². The first-order chi connectivity index (χ1) is 15.1. The summed E-state index contributed by atoms with van der Waals surface area (Å²) in [6, 6.07) is 16.8. The van der Waals surface area contributed by atoms with Gasteiger partial charge in [0.25, 0.3) is 5.91 Å². The molecule has 31 heavy (non-hydrogen) atoms. The third-order valence-corrected chi connectivity index (χ3v) is 5.63. The standard InChI is InChI=1S/C24H26N4O3/c1-17-8-5-6-12-20(17)23-26-21(31-27-23)14-18-9-7-13-28(16-18)22(29)15-25-24(30)19-10-3-2-4-11-19/h2-6,8,10-12,18H,7,9,13-16H2,1H3,(H,25,30)/t18-/m1/s1. The molecule has 7 nitrogen and oxygen atoms in total. The zero-order valence-corrected chi connectivity index (χ0v) is 17.6. The van der Waals surface area contributed by atoms with Crippen LogP contribution in [-0.4, -0.2) is 46.5 Å². The molecule has 4 rings (SSSR count). The lowest BCUT2D eigenvalue weighted by Gasteiger charge is -2.32. The van der Waals surface area contributed by atoms with Crippen molar-refractivity contribution in [2.45, 2.75) is 26.2 Å². The van der Waals surface area contributed by atoms with Crippen molar-refractivity contribution in [2.75, 3.05) is 19.6 Å². The lowest BCUT2D eigenvalue weighted by molar-refractivity contribution is -0.131. The zero-order chi connectivity index (χ0) is 21.6. The molecule has 2 amide bonds. The summed E-state index contributed by atoms with van der Waals surface area (Å²) in [5.74, 6) is 1.14. The van der Waals surface area contributed by atoms with Crippen molar-refractivity contribution in [1.29, 1.82) is 0 Å². The first kappa shape index (κ1) is 20.8. The number of hydrogen-bond donors (Lipinski definition) is 1. The molecule has 2 heterocycles. The molecule has 1 fully saturated rings. The smallest absolute Gasteiger partial charge is 0.251 e. The molecule has 0 radical (unpaired) electrons. The van der Waals surface area contributed by atoms with Gasteiger partial charge in [0.05, 0.1) is 6.54 Å². The zero-order valence-electron chi connectivity index (χ0n) is 17.6. The van der Waals surface area contributed by atoms with E-state index in [1.165, 1.54) is 0 Å². The largest absolute Gasteiger partial charge is 0.343 e. The second-order valence-electron chi connectivity index (χ2n) is 7.93. The van der Waals surface area contributed by atoms with Gasteiger partial charge in [-0.15, -0.1) is 0 Å². The quantitative estimate of drug-likeness (QED) is 0.664. The maximum absolute atomic E-state index is 12.6. The lowest BCUT2D eigenvalue weighted by atomic mass is 9.94. The lowest BCUT2D eigenvalue weighted by Crippen LogP contribution is -2.45. The van der Waals surface area contributed by atoms with Crippen LogP contribution < -0.4 is 5.32 Å². The van der Waals surface area contributed by atoms with Gasteiger partial charge >= 0.3 is 0 Å². The summed E-state index contributed by atoms with van der Waals surface area (Å²) in [4.78, 5) is 31.2. The minimum atomic E-state index is -0.239. The Hall–Kier alpha value is -3.48. The number of nitrogens with one attached hydrogen (secondary N) is 1. The molecule has 1 saturated heterocycles. The molecule has 0 spiro atoms. The Balaban J connectivity index is 1.31. The fourth-order valence-corrected chi connectivity index (χ4v) is 3.94. The highest BCUT2D eigenvalue weighted by Gasteiger charge is 2.26. The van der Waals surface area contributed by atoms with Crippen LogP contribution in [0.4, 0.5) is 0 Å². The van der Waals surface area contributed by atoms with Crippen molar-refractivity contribution < 1.29 is 14.1 Å². The Bertz CT molecular complexity index is 1050. The molecule has 1 aliphatic heterocycles. The number of aromatic nitrogens is 2. The molecule has 0 saturated carbocycles. The number of nitrogens with zero attached hydrogens (tertiary/aromatic N) is 3. The number of rotatable bonds is 6. The Morgan fingerprint density at radius 1 is 1.13 bits per heavy atom. The number of piperidine rings is 1. The number of benzene rings is 2. The van der Waals surface area contributed by atoms with Crippen molar-refractivity contribution >= 4 is 11.8 Å². The Kier molecular flexibility index (Phi) is 6.40. The minimum Gasteiger partial charge on any atom is -0.343 e. The van der Waals surface area contributed by atoms with E-state index >= 15 is 0 Å². The average molecular weight is 418 g/mol. The van der Waals surface area contributed by atoms with Crippen LogP contribution in [0, 0.1) is 12.8 Å². The van der Waals surface area contributed by atoms with E-state index in [9.17, 15) is 9.59 Å². The van der Waals surface area contributed by atoms with E-state index in [1.54, 1.807) is 24.3 Å². The van der Waals surface area contributed by atoms with Gasteiger partial charge in [-0.05, 0) is 43.4 Å². The molecule has 7 heteroatoms. The monoisotopic (exact) mass is 418 g/mol. The average Bonchev–Trinajstić information content (AvgIpc) is 3.26. The van der Waals surface area contributed by atoms with Gasteiger partial charge in [-0.1, -0.05) is 47.6 Å². The summed E-state index contributed by atoms with van der Waals surface area (Å²) in [6.07, 6.45) is 2.56. The summed E-state index contributed by atoms with van der Waals surface area (Å²) < 4.78 is 5.48. The number of hydrogen-bond acceptors (Lipinski definition) is 5. The normalized spacial score (nSPS) is 16.2. The molecule has 1 N–H and O–H groups in total. The second-order valence-corrected chi connectivity index (χ2v) is 7.93. The van der Waals surface area contributed by atoms with Gasteiger partial charge in [0, 0.05) is 30.6 Å². The highest BCUT2D eigenvalue weighted by molar-refractivity contribution is 5.96. The molecule has 160 valence electrons. The van der Waals surface area contributed by atoms with Crippen LogP contribution in [-0.2, 0) is 11.2 Å². The number of likely N-dealkylation sites (tertiary alicyclic amines) is 1. The molecule has 0 unspecified atom stereocenters. The fraction of sp³-hybridized carbons (Fsp3) is 0.333. The van der Waals surface area contributed by atoms with Crippen LogP contribution >= 0.6 is 0 Å². The van der Waals surface area contributed by atoms with Gasteiger partial charge in [-0.2, -0.15) is 4.98 Å². The molecular formula is C24H26N4O3. The van der Waals surface area contributed by atoms with Gasteiger partial charge in [0.15, 0.2) is 0 Å². The van der Waals surface area contributed by atoms with Crippen molar-refractivity contribution in [3.8, 4) is 11.4 Å². The third-order valence-electron chi connectivity index (χ3n) is 5.63. The third kappa shape index (κ3) is 5.17. The first-order valence-corrected chi connectivity index (χ1v) is 10.6. The second kappa shape index (κ2) is 9.55. The van der Waals surface area contributed by atoms with E-state index in [-0.39, 0.29) is 24.3 Å². The van der Waals surface area contributed by atoms with Crippen LogP contribution in [0.3, 0.4) is 0 Å². The van der Waals surface area contributed by atoms with Gasteiger partial charge in [0.1, 0.15) is 0 Å². The molecule has 1 atom stereocenters. The highest BCUT2D eigenvalue weighted by Crippen LogP contribution is 2.23. The van der Waals surface area contributed by atoms with E-state index < -0.39 is 0 Å². The fourth-order valence-electron chi connectivity index (χ4n) is 3.94. The predicted octanol–water partition coefficient (Wildman–Crippen LogP) is 3.26. The first-order valence-electron chi connectivity index (χ1n) is 10.6. The molecule has 1 aromatic heterocycles. The van der Waals surface area contributed by atoms with Crippen LogP contribution in [0.2, 0.25) is 0 Å². The van der Waals surface area contributed by atoms with Gasteiger partial charge in [0.2, 0.25) is 17.6 Å². The molecule has 0 aliphatic carbocycles. The SMILES string of the molecule is Cc1ccccc1-c1noc(C[C@H]2CCCN(C(=O)CNC(=O)c3ccccc3)C2)n1. The van der Waals surface area contributed by atoms with Crippen molar-refractivity contribution in [2.24, 2.45) is 5.92 Å². The molecule has 2 aromatic carbocycles. The number of carbonyl (C=O) groups is 2. The van der Waals surface area contributed by atoms with Crippen LogP contribution in [0.1, 0.15) is 34.7 Å². The maximum atomic E-state index is 12.6. The number of amides is 2. The van der Waals surface area contributed by atoms with Crippen LogP contribution in [0.5, 0.6) is 0 Å². The maximum Gasteiger partial charge on any atom is 0.251 e. The van der Waals surface area contributed by atoms with Crippen LogP contribution in [0.15, 0.2) is 59.1 Å². The van der Waals surface area contributed by atoms with E-state index in [1.807, 2.05) is 42.2 Å². The molecular weight excluding hydrogens is 392 g/mol. The van der Waals surface area contributed by atoms with Crippen LogP contribution in [0.25, 0.3) is 11.4 Å². The van der Waals surface area contributed by atoms with Gasteiger partial charge in [-0.3, -0.25) is 9.59 Å². The van der Waals surface area contributed by atoms with Gasteiger partial charge < -0.3 is 14.7 Å². The predicted molar refractivity (Wildman–Crippen MR) is 116 cm³/mol. The Morgan fingerprint density at radius 3 is 2.71 bits per heavy atom. The Morgan fingerprint density at radius 2 is 1.90 bits per heavy atom. The van der Waals surface area contributed by atoms with Crippen molar-refractivity contribution in [3.63, 3.8) is 0 Å². The molecule has 3 aromatic rings. The Labute approximate surface area is 181 Å². The van der Waals surface area contributed by atoms with E-state index in [4.69, 9.17) is 4.52 Å². The number of carbonyl (C=O) groups excluding carboxylic acids is 2. The summed E-state index contributed by atoms with van der Waals surface area (Å²) in [7, 11) is 0. The molecule has 0 bridgehead atoms. The van der Waals surface area contributed by atoms with E-state index in [0.29, 0.717) is 36.8 Å². The summed E-state index contributed by atoms with van der Waals surface area (Å²) in [5, 5.41) is 6.85. The van der Waals surface area contributed by atoms with Crippen molar-refractivity contribution in [3.05, 3.63) is 71.6 Å². The summed E-state index contributed by atoms with van der Waals surface area (Å²) in [5.41, 5.74) is 2.61. The summed E-state index contributed by atoms with van der Waals surface area (Å²) >= 11 is 0. The summed E-state index contributed by atoms with van der Waals surface area (Å²) in [6.45, 7) is 3.35. The van der Waals surface area contributed by atoms with E-state index in [0.717, 1.165) is 24.0 Å². The highest BCUT2D eigenvalue weighted by atomic mass is 16.5. The topological polar surface area (TPSA) is 88.3 Å².